The van der Waals surface area contributed by atoms with Crippen LogP contribution in [0.2, 0.25) is 0 Å². The average molecular weight is 408 g/mol. The first kappa shape index (κ1) is 21.1. The number of thiazole rings is 1. The minimum absolute atomic E-state index is 0.228. The summed E-state index contributed by atoms with van der Waals surface area (Å²) >= 11 is 1.66. The second-order valence-corrected chi connectivity index (χ2v) is 9.98. The predicted octanol–water partition coefficient (Wildman–Crippen LogP) is 3.85. The van der Waals surface area contributed by atoms with Gasteiger partial charge in [-0.3, -0.25) is 9.59 Å². The number of aryl methyl sites for hydroxylation is 1. The molecule has 1 aromatic rings. The zero-order valence-electron chi connectivity index (χ0n) is 17.1. The van der Waals surface area contributed by atoms with Crippen LogP contribution in [0, 0.1) is 11.3 Å². The Bertz CT molecular complexity index is 674. The van der Waals surface area contributed by atoms with Gasteiger partial charge in [0, 0.05) is 31.5 Å². The predicted molar refractivity (Wildman–Crippen MR) is 112 cm³/mol. The van der Waals surface area contributed by atoms with Gasteiger partial charge in [0.15, 0.2) is 0 Å². The third kappa shape index (κ3) is 5.46. The van der Waals surface area contributed by atoms with Gasteiger partial charge in [0.05, 0.1) is 16.6 Å². The Labute approximate surface area is 171 Å². The molecule has 2 N–H and O–H groups in total. The van der Waals surface area contributed by atoms with Crippen LogP contribution >= 0.6 is 11.3 Å². The highest BCUT2D eigenvalue weighted by Crippen LogP contribution is 2.30. The summed E-state index contributed by atoms with van der Waals surface area (Å²) in [7, 11) is 0. The quantitative estimate of drug-likeness (QED) is 0.717. The van der Waals surface area contributed by atoms with Gasteiger partial charge in [-0.05, 0) is 46.0 Å². The molecule has 2 aliphatic rings. The lowest BCUT2D eigenvalue weighted by atomic mass is 9.88. The molecule has 0 bridgehead atoms. The van der Waals surface area contributed by atoms with Crippen LogP contribution in [0.25, 0.3) is 0 Å². The molecule has 1 aromatic heterocycles. The largest absolute Gasteiger partial charge is 0.481 e. The van der Waals surface area contributed by atoms with Gasteiger partial charge in [-0.2, -0.15) is 0 Å². The lowest BCUT2D eigenvalue weighted by Gasteiger charge is -2.33. The topological polar surface area (TPSA) is 82.5 Å². The fraction of sp³-hybridized carbons (Fsp3) is 0.762. The lowest BCUT2D eigenvalue weighted by Crippen LogP contribution is -2.46. The number of piperidine rings is 1. The number of carboxylic acids is 1. The Hall–Kier alpha value is -1.63. The first-order valence-electron chi connectivity index (χ1n) is 10.6. The summed E-state index contributed by atoms with van der Waals surface area (Å²) in [6, 6.07) is 0.287. The molecular formula is C21H33N3O3S. The zero-order valence-corrected chi connectivity index (χ0v) is 17.9. The third-order valence-electron chi connectivity index (χ3n) is 6.21. The van der Waals surface area contributed by atoms with E-state index in [9.17, 15) is 14.7 Å². The Morgan fingerprint density at radius 2 is 1.89 bits per heavy atom. The summed E-state index contributed by atoms with van der Waals surface area (Å²) in [5, 5.41) is 14.7. The summed E-state index contributed by atoms with van der Waals surface area (Å²) in [5.74, 6) is -0.271. The van der Waals surface area contributed by atoms with Crippen LogP contribution in [0.5, 0.6) is 0 Å². The summed E-state index contributed by atoms with van der Waals surface area (Å²) < 4.78 is 0. The molecule has 0 radical (unpaired) electrons. The van der Waals surface area contributed by atoms with Crippen molar-refractivity contribution in [2.45, 2.75) is 77.7 Å². The van der Waals surface area contributed by atoms with E-state index in [4.69, 9.17) is 0 Å². The summed E-state index contributed by atoms with van der Waals surface area (Å²) in [5.41, 5.74) is -0.722. The van der Waals surface area contributed by atoms with E-state index >= 15 is 0 Å². The summed E-state index contributed by atoms with van der Waals surface area (Å²) in [6.45, 7) is 5.38. The van der Waals surface area contributed by atoms with Crippen LogP contribution in [0.15, 0.2) is 6.20 Å². The molecule has 1 aliphatic heterocycles. The van der Waals surface area contributed by atoms with E-state index in [1.807, 2.05) is 6.20 Å². The molecule has 3 rings (SSSR count). The van der Waals surface area contributed by atoms with Gasteiger partial charge in [-0.15, -0.1) is 11.3 Å². The first-order chi connectivity index (χ1) is 13.3. The smallest absolute Gasteiger partial charge is 0.309 e. The number of amides is 1. The normalized spacial score (nSPS) is 19.6. The second-order valence-electron chi connectivity index (χ2n) is 8.89. The third-order valence-corrected chi connectivity index (χ3v) is 7.33. The maximum Gasteiger partial charge on any atom is 0.309 e. The SMILES string of the molecule is CC(C)(CCc1ncc(N2CCC(NC(=O)C3CCCCC3)CC2)s1)C(=O)O. The van der Waals surface area contributed by atoms with Gasteiger partial charge in [0.25, 0.3) is 0 Å². The maximum atomic E-state index is 12.4. The van der Waals surface area contributed by atoms with Crippen molar-refractivity contribution in [1.82, 2.24) is 10.3 Å². The number of rotatable bonds is 7. The van der Waals surface area contributed by atoms with Crippen molar-refractivity contribution in [3.63, 3.8) is 0 Å². The zero-order chi connectivity index (χ0) is 20.1. The number of nitrogens with one attached hydrogen (secondary N) is 1. The molecule has 2 heterocycles. The van der Waals surface area contributed by atoms with Crippen LogP contribution in [0.3, 0.4) is 0 Å². The number of carboxylic acid groups (broad SMARTS) is 1. The Kier molecular flexibility index (Phi) is 6.96. The van der Waals surface area contributed by atoms with Crippen LogP contribution in [0.4, 0.5) is 5.00 Å². The number of hydrogen-bond donors (Lipinski definition) is 2. The molecule has 156 valence electrons. The van der Waals surface area contributed by atoms with Crippen molar-refractivity contribution in [1.29, 1.82) is 0 Å². The van der Waals surface area contributed by atoms with Crippen molar-refractivity contribution in [3.8, 4) is 0 Å². The number of carbonyl (C=O) groups is 2. The van der Waals surface area contributed by atoms with Crippen molar-refractivity contribution in [2.75, 3.05) is 18.0 Å². The number of hydrogen-bond acceptors (Lipinski definition) is 5. The Morgan fingerprint density at radius 3 is 2.54 bits per heavy atom. The van der Waals surface area contributed by atoms with Crippen LogP contribution in [-0.4, -0.2) is 41.1 Å². The molecule has 7 heteroatoms. The molecule has 0 aromatic carbocycles. The molecule has 2 fully saturated rings. The van der Waals surface area contributed by atoms with Crippen LogP contribution in [-0.2, 0) is 16.0 Å². The number of anilines is 1. The highest BCUT2D eigenvalue weighted by atomic mass is 32.1. The molecule has 1 aliphatic carbocycles. The number of aromatic nitrogens is 1. The highest BCUT2D eigenvalue weighted by Gasteiger charge is 2.28. The van der Waals surface area contributed by atoms with Crippen LogP contribution < -0.4 is 10.2 Å². The van der Waals surface area contributed by atoms with Crippen molar-refractivity contribution < 1.29 is 14.7 Å². The van der Waals surface area contributed by atoms with Gasteiger partial charge < -0.3 is 15.3 Å². The Morgan fingerprint density at radius 1 is 1.21 bits per heavy atom. The molecule has 6 nitrogen and oxygen atoms in total. The average Bonchev–Trinajstić information content (AvgIpc) is 3.17. The summed E-state index contributed by atoms with van der Waals surface area (Å²) in [6.07, 6.45) is 10.9. The van der Waals surface area contributed by atoms with Gasteiger partial charge in [-0.25, -0.2) is 4.98 Å². The summed E-state index contributed by atoms with van der Waals surface area (Å²) in [4.78, 5) is 30.5. The van der Waals surface area contributed by atoms with Crippen LogP contribution in [0.1, 0.15) is 70.2 Å². The fourth-order valence-electron chi connectivity index (χ4n) is 4.02. The minimum atomic E-state index is -0.762. The number of aliphatic carboxylic acids is 1. The van der Waals surface area contributed by atoms with Gasteiger partial charge in [0.2, 0.25) is 5.91 Å². The van der Waals surface area contributed by atoms with Gasteiger partial charge in [-0.1, -0.05) is 19.3 Å². The standard InChI is InChI=1S/C21H33N3O3S/c1-21(2,20(26)27)11-8-17-22-14-18(28-17)24-12-9-16(10-13-24)23-19(25)15-6-4-3-5-7-15/h14-16H,3-13H2,1-2H3,(H,23,25)(H,26,27). The highest BCUT2D eigenvalue weighted by molar-refractivity contribution is 7.15. The van der Waals surface area contributed by atoms with E-state index in [1.165, 1.54) is 19.3 Å². The van der Waals surface area contributed by atoms with Gasteiger partial charge in [0.1, 0.15) is 5.00 Å². The van der Waals surface area contributed by atoms with E-state index < -0.39 is 11.4 Å². The monoisotopic (exact) mass is 407 g/mol. The molecular weight excluding hydrogens is 374 g/mol. The van der Waals surface area contributed by atoms with Crippen molar-refractivity contribution in [3.05, 3.63) is 11.2 Å². The molecule has 0 spiro atoms. The van der Waals surface area contributed by atoms with Crippen molar-refractivity contribution in [2.24, 2.45) is 11.3 Å². The fourth-order valence-corrected chi connectivity index (χ4v) is 4.98. The van der Waals surface area contributed by atoms with E-state index in [0.29, 0.717) is 12.8 Å². The molecule has 0 atom stereocenters. The lowest BCUT2D eigenvalue weighted by molar-refractivity contribution is -0.147. The molecule has 28 heavy (non-hydrogen) atoms. The first-order valence-corrected chi connectivity index (χ1v) is 11.4. The van der Waals surface area contributed by atoms with Gasteiger partial charge >= 0.3 is 5.97 Å². The number of carbonyl (C=O) groups excluding carboxylic acids is 1. The van der Waals surface area contributed by atoms with E-state index in [0.717, 1.165) is 48.8 Å². The van der Waals surface area contributed by atoms with E-state index in [1.54, 1.807) is 25.2 Å². The minimum Gasteiger partial charge on any atom is -0.481 e. The molecule has 1 amide bonds. The molecule has 1 saturated carbocycles. The second kappa shape index (κ2) is 9.25. The van der Waals surface area contributed by atoms with Crippen molar-refractivity contribution >= 4 is 28.2 Å². The molecule has 0 unspecified atom stereocenters. The van der Waals surface area contributed by atoms with E-state index in [2.05, 4.69) is 15.2 Å². The Balaban J connectivity index is 1.44. The number of nitrogens with zero attached hydrogens (tertiary/aromatic N) is 2. The molecule has 1 saturated heterocycles. The van der Waals surface area contributed by atoms with E-state index in [-0.39, 0.29) is 17.9 Å². The maximum absolute atomic E-state index is 12.4.